The molecule has 0 radical (unpaired) electrons. The number of piperidine rings is 1. The van der Waals surface area contributed by atoms with Gasteiger partial charge in [-0.15, -0.1) is 0 Å². The summed E-state index contributed by atoms with van der Waals surface area (Å²) in [5.41, 5.74) is 1.89. The van der Waals surface area contributed by atoms with Crippen LogP contribution < -0.4 is 5.14 Å². The van der Waals surface area contributed by atoms with Gasteiger partial charge in [0.15, 0.2) is 5.82 Å². The predicted octanol–water partition coefficient (Wildman–Crippen LogP) is 1.04. The van der Waals surface area contributed by atoms with Crippen LogP contribution in [-0.2, 0) is 16.6 Å². The number of aryl methyl sites for hydroxylation is 2. The van der Waals surface area contributed by atoms with Gasteiger partial charge >= 0.3 is 0 Å². The van der Waals surface area contributed by atoms with E-state index in [1.807, 2.05) is 13.8 Å². The third kappa shape index (κ3) is 2.98. The van der Waals surface area contributed by atoms with Gasteiger partial charge in [-0.1, -0.05) is 10.3 Å². The van der Waals surface area contributed by atoms with E-state index in [9.17, 15) is 8.42 Å². The highest BCUT2D eigenvalue weighted by Gasteiger charge is 2.58. The van der Waals surface area contributed by atoms with E-state index in [1.165, 1.54) is 4.31 Å². The molecular formula is C15H21N5O4S. The SMILES string of the molecule is Cc1noc(C)c1Cc1nc([C@@H]2CC23CCN(S(N)(=O)=O)CC3)no1. The van der Waals surface area contributed by atoms with Gasteiger partial charge in [0.05, 0.1) is 12.1 Å². The molecule has 25 heavy (non-hydrogen) atoms. The Hall–Kier alpha value is -1.78. The monoisotopic (exact) mass is 367 g/mol. The maximum Gasteiger partial charge on any atom is 0.276 e. The van der Waals surface area contributed by atoms with Gasteiger partial charge in [0.25, 0.3) is 10.2 Å². The molecule has 0 unspecified atom stereocenters. The number of nitrogens with zero attached hydrogens (tertiary/aromatic N) is 4. The first-order chi connectivity index (χ1) is 11.8. The summed E-state index contributed by atoms with van der Waals surface area (Å²) in [6.45, 7) is 4.66. The van der Waals surface area contributed by atoms with Crippen LogP contribution in [0.25, 0.3) is 0 Å². The van der Waals surface area contributed by atoms with Crippen LogP contribution in [0.5, 0.6) is 0 Å². The molecule has 2 fully saturated rings. The molecule has 2 aromatic heterocycles. The van der Waals surface area contributed by atoms with Crippen molar-refractivity contribution in [1.29, 1.82) is 0 Å². The van der Waals surface area contributed by atoms with Gasteiger partial charge in [-0.05, 0) is 38.5 Å². The van der Waals surface area contributed by atoms with Gasteiger partial charge in [0, 0.05) is 24.6 Å². The van der Waals surface area contributed by atoms with Gasteiger partial charge in [-0.2, -0.15) is 17.7 Å². The Kier molecular flexibility index (Phi) is 3.74. The van der Waals surface area contributed by atoms with Crippen molar-refractivity contribution in [2.75, 3.05) is 13.1 Å². The molecule has 1 saturated carbocycles. The van der Waals surface area contributed by atoms with E-state index in [2.05, 4.69) is 15.3 Å². The van der Waals surface area contributed by atoms with Crippen molar-refractivity contribution >= 4 is 10.2 Å². The van der Waals surface area contributed by atoms with Crippen LogP contribution in [0.3, 0.4) is 0 Å². The quantitative estimate of drug-likeness (QED) is 0.854. The molecule has 0 amide bonds. The molecule has 1 atom stereocenters. The van der Waals surface area contributed by atoms with Crippen LogP contribution in [0.2, 0.25) is 0 Å². The van der Waals surface area contributed by atoms with E-state index in [0.29, 0.717) is 31.2 Å². The van der Waals surface area contributed by atoms with E-state index < -0.39 is 10.2 Å². The van der Waals surface area contributed by atoms with E-state index in [4.69, 9.17) is 14.2 Å². The fourth-order valence-electron chi connectivity index (χ4n) is 3.84. The molecule has 2 aromatic rings. The zero-order valence-corrected chi connectivity index (χ0v) is 15.0. The summed E-state index contributed by atoms with van der Waals surface area (Å²) in [6.07, 6.45) is 3.03. The highest BCUT2D eigenvalue weighted by Crippen LogP contribution is 2.64. The first-order valence-electron chi connectivity index (χ1n) is 8.31. The fraction of sp³-hybridized carbons (Fsp3) is 0.667. The zero-order valence-electron chi connectivity index (χ0n) is 14.2. The molecular weight excluding hydrogens is 346 g/mol. The molecule has 0 bridgehead atoms. The lowest BCUT2D eigenvalue weighted by molar-refractivity contribution is 0.249. The summed E-state index contributed by atoms with van der Waals surface area (Å²) < 4.78 is 34.8. The largest absolute Gasteiger partial charge is 0.361 e. The Bertz CT molecular complexity index is 875. The van der Waals surface area contributed by atoms with Crippen molar-refractivity contribution in [3.63, 3.8) is 0 Å². The van der Waals surface area contributed by atoms with Gasteiger partial charge in [-0.25, -0.2) is 5.14 Å². The summed E-state index contributed by atoms with van der Waals surface area (Å²) in [7, 11) is -3.59. The number of rotatable bonds is 4. The minimum Gasteiger partial charge on any atom is -0.361 e. The fourth-order valence-corrected chi connectivity index (χ4v) is 4.53. The molecule has 0 aromatic carbocycles. The van der Waals surface area contributed by atoms with Crippen LogP contribution in [0, 0.1) is 19.3 Å². The normalized spacial score (nSPS) is 23.2. The number of nitrogens with two attached hydrogens (primary N) is 1. The summed E-state index contributed by atoms with van der Waals surface area (Å²) in [5, 5.41) is 13.3. The Labute approximate surface area is 145 Å². The van der Waals surface area contributed by atoms with Gasteiger partial charge in [0.1, 0.15) is 5.76 Å². The van der Waals surface area contributed by atoms with Crippen molar-refractivity contribution in [2.45, 2.75) is 45.4 Å². The Morgan fingerprint density at radius 1 is 1.24 bits per heavy atom. The molecule has 3 heterocycles. The number of aromatic nitrogens is 3. The van der Waals surface area contributed by atoms with Gasteiger partial charge < -0.3 is 9.05 Å². The topological polar surface area (TPSA) is 128 Å². The second-order valence-corrected chi connectivity index (χ2v) is 8.64. The van der Waals surface area contributed by atoms with E-state index in [1.54, 1.807) is 0 Å². The third-order valence-corrected chi connectivity index (χ3v) is 6.66. The lowest BCUT2D eigenvalue weighted by atomic mass is 9.92. The molecule has 1 aliphatic heterocycles. The molecule has 9 nitrogen and oxygen atoms in total. The van der Waals surface area contributed by atoms with Crippen molar-refractivity contribution in [1.82, 2.24) is 19.6 Å². The highest BCUT2D eigenvalue weighted by molar-refractivity contribution is 7.86. The van der Waals surface area contributed by atoms with Gasteiger partial charge in [-0.3, -0.25) is 0 Å². The average Bonchev–Trinajstić information content (AvgIpc) is 2.90. The number of hydrogen-bond acceptors (Lipinski definition) is 7. The molecule has 1 spiro atoms. The number of hydrogen-bond donors (Lipinski definition) is 1. The van der Waals surface area contributed by atoms with Crippen LogP contribution in [-0.4, -0.2) is 41.1 Å². The molecule has 4 rings (SSSR count). The lowest BCUT2D eigenvalue weighted by Crippen LogP contribution is -2.43. The molecule has 1 aliphatic carbocycles. The first kappa shape index (κ1) is 16.7. The Morgan fingerprint density at radius 2 is 1.96 bits per heavy atom. The summed E-state index contributed by atoms with van der Waals surface area (Å²) in [5.74, 6) is 2.26. The second kappa shape index (κ2) is 5.61. The summed E-state index contributed by atoms with van der Waals surface area (Å²) >= 11 is 0. The van der Waals surface area contributed by atoms with Crippen molar-refractivity contribution in [2.24, 2.45) is 10.6 Å². The molecule has 1 saturated heterocycles. The maximum absolute atomic E-state index is 11.4. The van der Waals surface area contributed by atoms with E-state index >= 15 is 0 Å². The molecule has 2 N–H and O–H groups in total. The van der Waals surface area contributed by atoms with Crippen LogP contribution in [0.4, 0.5) is 0 Å². The van der Waals surface area contributed by atoms with Crippen molar-refractivity contribution < 1.29 is 17.5 Å². The van der Waals surface area contributed by atoms with E-state index in [-0.39, 0.29) is 11.3 Å². The lowest BCUT2D eigenvalue weighted by Gasteiger charge is -2.30. The average molecular weight is 367 g/mol. The summed E-state index contributed by atoms with van der Waals surface area (Å²) in [6, 6.07) is 0. The molecule has 2 aliphatic rings. The van der Waals surface area contributed by atoms with Crippen molar-refractivity contribution in [3.05, 3.63) is 28.7 Å². The van der Waals surface area contributed by atoms with Gasteiger partial charge in [0.2, 0.25) is 5.89 Å². The van der Waals surface area contributed by atoms with Crippen LogP contribution in [0.15, 0.2) is 9.05 Å². The zero-order chi connectivity index (χ0) is 17.8. The minimum absolute atomic E-state index is 0.0887. The highest BCUT2D eigenvalue weighted by atomic mass is 32.2. The second-order valence-electron chi connectivity index (χ2n) is 7.09. The minimum atomic E-state index is -3.59. The van der Waals surface area contributed by atoms with E-state index in [0.717, 1.165) is 36.3 Å². The smallest absolute Gasteiger partial charge is 0.276 e. The summed E-state index contributed by atoms with van der Waals surface area (Å²) in [4.78, 5) is 4.54. The van der Waals surface area contributed by atoms with Crippen LogP contribution in [0.1, 0.15) is 53.9 Å². The third-order valence-electron chi connectivity index (χ3n) is 5.57. The maximum atomic E-state index is 11.4. The molecule has 136 valence electrons. The molecule has 10 heteroatoms. The Balaban J connectivity index is 1.43. The predicted molar refractivity (Wildman–Crippen MR) is 86.8 cm³/mol. The van der Waals surface area contributed by atoms with Crippen molar-refractivity contribution in [3.8, 4) is 0 Å². The first-order valence-corrected chi connectivity index (χ1v) is 9.81. The standard InChI is InChI=1S/C15H21N5O4S/c1-9-11(10(2)23-18-9)7-13-17-14(19-24-13)12-8-15(12)3-5-20(6-4-15)25(16,21)22/h12H,3-8H2,1-2H3,(H2,16,21,22)/t12-/m0/s1. The Morgan fingerprint density at radius 3 is 2.56 bits per heavy atom. The van der Waals surface area contributed by atoms with Crippen LogP contribution >= 0.6 is 0 Å².